The van der Waals surface area contributed by atoms with Gasteiger partial charge in [0, 0.05) is 46.7 Å². The number of nitrogens with one attached hydrogen (secondary N) is 1. The number of aromatic amines is 1. The van der Waals surface area contributed by atoms with Crippen LogP contribution in [0.4, 0.5) is 4.39 Å². The molecule has 1 saturated heterocycles. The summed E-state index contributed by atoms with van der Waals surface area (Å²) >= 11 is 7.83. The number of carbonyl (C=O) groups is 1. The molecule has 0 aliphatic carbocycles. The fourth-order valence-corrected chi connectivity index (χ4v) is 4.95. The van der Waals surface area contributed by atoms with E-state index in [0.29, 0.717) is 40.8 Å². The minimum atomic E-state index is -0.765. The summed E-state index contributed by atoms with van der Waals surface area (Å²) in [4.78, 5) is 24.4. The second kappa shape index (κ2) is 8.40. The Balaban J connectivity index is 1.69. The standard InChI is InChI=1S/C20H17ClFN7O2S/c1-2-31-20(30)15-14-7-10(17-25-27-28-26-17)9-29(14)18(19-23-5-6-32-19)24-16(15)12-4-3-11(22)8-13(12)21/h3-6,8,10,16H,2,7,9H2,1H3,(H,25,26,27,28)/t10-,16+/m1/s1. The largest absolute Gasteiger partial charge is 0.463 e. The van der Waals surface area contributed by atoms with Gasteiger partial charge in [0.25, 0.3) is 0 Å². The minimum absolute atomic E-state index is 0.0861. The molecule has 0 unspecified atom stereocenters. The number of hydrogen-bond donors (Lipinski definition) is 1. The van der Waals surface area contributed by atoms with Crippen molar-refractivity contribution in [3.05, 3.63) is 68.3 Å². The molecule has 0 radical (unpaired) electrons. The number of nitrogens with zero attached hydrogens (tertiary/aromatic N) is 6. The highest BCUT2D eigenvalue weighted by atomic mass is 35.5. The first-order valence-electron chi connectivity index (χ1n) is 9.90. The van der Waals surface area contributed by atoms with Gasteiger partial charge in [-0.15, -0.1) is 16.4 Å². The number of hydrogen-bond acceptors (Lipinski definition) is 9. The first kappa shape index (κ1) is 20.7. The van der Waals surface area contributed by atoms with Crippen molar-refractivity contribution in [3.8, 4) is 0 Å². The third kappa shape index (κ3) is 3.56. The van der Waals surface area contributed by atoms with Crippen LogP contribution in [0.2, 0.25) is 5.02 Å². The Labute approximate surface area is 191 Å². The lowest BCUT2D eigenvalue weighted by atomic mass is 9.93. The molecule has 0 amide bonds. The number of ether oxygens (including phenoxy) is 1. The van der Waals surface area contributed by atoms with Crippen LogP contribution in [-0.2, 0) is 9.53 Å². The predicted molar refractivity (Wildman–Crippen MR) is 115 cm³/mol. The molecular formula is C20H17ClFN7O2S. The van der Waals surface area contributed by atoms with Crippen LogP contribution < -0.4 is 0 Å². The van der Waals surface area contributed by atoms with Gasteiger partial charge >= 0.3 is 5.97 Å². The average molecular weight is 474 g/mol. The van der Waals surface area contributed by atoms with E-state index >= 15 is 0 Å². The van der Waals surface area contributed by atoms with Gasteiger partial charge in [0.05, 0.1) is 12.2 Å². The summed E-state index contributed by atoms with van der Waals surface area (Å²) < 4.78 is 19.1. The van der Waals surface area contributed by atoms with E-state index in [9.17, 15) is 9.18 Å². The van der Waals surface area contributed by atoms with Crippen LogP contribution in [0.5, 0.6) is 0 Å². The molecule has 4 heterocycles. The highest BCUT2D eigenvalue weighted by Gasteiger charge is 2.43. The number of thiazole rings is 1. The number of aromatic nitrogens is 5. The zero-order chi connectivity index (χ0) is 22.2. The Morgan fingerprint density at radius 2 is 2.31 bits per heavy atom. The van der Waals surface area contributed by atoms with Crippen molar-refractivity contribution in [1.29, 1.82) is 0 Å². The van der Waals surface area contributed by atoms with Crippen molar-refractivity contribution >= 4 is 34.7 Å². The minimum Gasteiger partial charge on any atom is -0.463 e. The molecule has 2 aliphatic rings. The third-order valence-electron chi connectivity index (χ3n) is 5.38. The lowest BCUT2D eigenvalue weighted by Crippen LogP contribution is -2.35. The molecule has 1 fully saturated rings. The summed E-state index contributed by atoms with van der Waals surface area (Å²) in [7, 11) is 0. The zero-order valence-corrected chi connectivity index (χ0v) is 18.4. The third-order valence-corrected chi connectivity index (χ3v) is 6.48. The second-order valence-corrected chi connectivity index (χ2v) is 8.54. The molecule has 2 aromatic heterocycles. The van der Waals surface area contributed by atoms with Crippen molar-refractivity contribution < 1.29 is 13.9 Å². The van der Waals surface area contributed by atoms with Crippen LogP contribution in [0.1, 0.15) is 41.7 Å². The van der Waals surface area contributed by atoms with Crippen molar-refractivity contribution in [1.82, 2.24) is 30.5 Å². The van der Waals surface area contributed by atoms with Crippen LogP contribution in [0.15, 0.2) is 46.0 Å². The molecule has 0 spiro atoms. The van der Waals surface area contributed by atoms with Crippen LogP contribution in [-0.4, -0.2) is 55.5 Å². The Bertz CT molecular complexity index is 1210. The Hall–Kier alpha value is -3.18. The monoisotopic (exact) mass is 473 g/mol. The molecule has 32 heavy (non-hydrogen) atoms. The molecule has 0 bridgehead atoms. The van der Waals surface area contributed by atoms with Crippen molar-refractivity contribution in [3.63, 3.8) is 0 Å². The number of amidine groups is 1. The SMILES string of the molecule is CCOC(=O)C1=C2C[C@@H](c3nnn[nH]3)CN2C(c2nccs2)=N[C@H]1c1ccc(F)cc1Cl. The molecule has 2 atom stereocenters. The summed E-state index contributed by atoms with van der Waals surface area (Å²) in [5.74, 6) is 0.186. The van der Waals surface area contributed by atoms with Crippen LogP contribution >= 0.6 is 22.9 Å². The van der Waals surface area contributed by atoms with E-state index in [4.69, 9.17) is 21.3 Å². The van der Waals surface area contributed by atoms with Crippen LogP contribution in [0.25, 0.3) is 0 Å². The van der Waals surface area contributed by atoms with E-state index in [1.54, 1.807) is 19.2 Å². The lowest BCUT2D eigenvalue weighted by Gasteiger charge is -2.31. The van der Waals surface area contributed by atoms with Crippen molar-refractivity contribution in [2.75, 3.05) is 13.2 Å². The van der Waals surface area contributed by atoms with Gasteiger partial charge in [0.1, 0.15) is 11.9 Å². The molecule has 3 aromatic rings. The van der Waals surface area contributed by atoms with Gasteiger partial charge in [0.2, 0.25) is 0 Å². The van der Waals surface area contributed by atoms with E-state index < -0.39 is 17.8 Å². The summed E-state index contributed by atoms with van der Waals surface area (Å²) in [6.45, 7) is 2.46. The van der Waals surface area contributed by atoms with Crippen LogP contribution in [0.3, 0.4) is 0 Å². The Kier molecular flexibility index (Phi) is 5.43. The first-order valence-corrected chi connectivity index (χ1v) is 11.2. The normalized spacial score (nSPS) is 20.3. The Morgan fingerprint density at radius 3 is 3.00 bits per heavy atom. The number of allylic oxidation sites excluding steroid dienone is 1. The topological polar surface area (TPSA) is 109 Å². The molecule has 0 saturated carbocycles. The Morgan fingerprint density at radius 1 is 1.44 bits per heavy atom. The van der Waals surface area contributed by atoms with Gasteiger partial charge in [-0.1, -0.05) is 17.7 Å². The summed E-state index contributed by atoms with van der Waals surface area (Å²) in [6.07, 6.45) is 2.19. The van der Waals surface area contributed by atoms with Crippen LogP contribution in [0, 0.1) is 5.82 Å². The van der Waals surface area contributed by atoms with Gasteiger partial charge in [-0.05, 0) is 29.5 Å². The lowest BCUT2D eigenvalue weighted by molar-refractivity contribution is -0.139. The highest BCUT2D eigenvalue weighted by molar-refractivity contribution is 7.11. The molecule has 164 valence electrons. The van der Waals surface area contributed by atoms with E-state index in [1.165, 1.54) is 23.5 Å². The quantitative estimate of drug-likeness (QED) is 0.566. The summed E-state index contributed by atoms with van der Waals surface area (Å²) in [5.41, 5.74) is 1.63. The zero-order valence-electron chi connectivity index (χ0n) is 16.8. The fourth-order valence-electron chi connectivity index (χ4n) is 4.04. The molecular weight excluding hydrogens is 457 g/mol. The van der Waals surface area contributed by atoms with Crippen molar-refractivity contribution in [2.45, 2.75) is 25.3 Å². The van der Waals surface area contributed by atoms with Gasteiger partial charge in [-0.2, -0.15) is 0 Å². The maximum atomic E-state index is 13.8. The van der Waals surface area contributed by atoms with Crippen molar-refractivity contribution in [2.24, 2.45) is 4.99 Å². The molecule has 1 N–H and O–H groups in total. The number of rotatable bonds is 5. The molecule has 5 rings (SSSR count). The summed E-state index contributed by atoms with van der Waals surface area (Å²) in [6, 6.07) is 3.30. The highest BCUT2D eigenvalue weighted by Crippen LogP contribution is 2.45. The van der Waals surface area contributed by atoms with Gasteiger partial charge in [-0.3, -0.25) is 4.99 Å². The second-order valence-electron chi connectivity index (χ2n) is 7.24. The molecule has 9 nitrogen and oxygen atoms in total. The number of benzene rings is 1. The maximum Gasteiger partial charge on any atom is 0.338 e. The van der Waals surface area contributed by atoms with E-state index in [-0.39, 0.29) is 17.5 Å². The maximum absolute atomic E-state index is 13.8. The van der Waals surface area contributed by atoms with E-state index in [1.807, 2.05) is 10.3 Å². The van der Waals surface area contributed by atoms with Gasteiger partial charge < -0.3 is 9.64 Å². The number of fused-ring (bicyclic) bond motifs is 1. The average Bonchev–Trinajstić information content (AvgIpc) is 3.54. The van der Waals surface area contributed by atoms with E-state index in [2.05, 4.69) is 25.6 Å². The number of tetrazole rings is 1. The number of halogens is 2. The first-order chi connectivity index (χ1) is 15.6. The smallest absolute Gasteiger partial charge is 0.338 e. The summed E-state index contributed by atoms with van der Waals surface area (Å²) in [5, 5.41) is 17.0. The number of aliphatic imine (C=N–C) groups is 1. The van der Waals surface area contributed by atoms with Gasteiger partial charge in [0.15, 0.2) is 16.7 Å². The van der Waals surface area contributed by atoms with Gasteiger partial charge in [-0.25, -0.2) is 19.3 Å². The molecule has 12 heteroatoms. The fraction of sp³-hybridized carbons (Fsp3) is 0.300. The molecule has 2 aliphatic heterocycles. The number of H-pyrrole nitrogens is 1. The van der Waals surface area contributed by atoms with E-state index in [0.717, 1.165) is 5.70 Å². The number of carbonyl (C=O) groups excluding carboxylic acids is 1. The molecule has 1 aromatic carbocycles. The predicted octanol–water partition coefficient (Wildman–Crippen LogP) is 3.26. The number of esters is 1.